The minimum atomic E-state index is -2.17. The molecule has 5 bridgehead atoms. The molecule has 9 heteroatoms. The van der Waals surface area contributed by atoms with E-state index in [9.17, 15) is 24.3 Å². The molecule has 8 rings (SSSR count). The highest BCUT2D eigenvalue weighted by Crippen LogP contribution is 2.75. The first-order chi connectivity index (χ1) is 17.4. The summed E-state index contributed by atoms with van der Waals surface area (Å²) in [5.41, 5.74) is -6.43. The van der Waals surface area contributed by atoms with Crippen LogP contribution >= 0.6 is 0 Å². The second-order valence-electron chi connectivity index (χ2n) is 13.0. The fourth-order valence-electron chi connectivity index (χ4n) is 10.0. The van der Waals surface area contributed by atoms with Gasteiger partial charge in [-0.15, -0.1) is 0 Å². The van der Waals surface area contributed by atoms with Crippen LogP contribution in [0.25, 0.3) is 0 Å². The first-order valence-electron chi connectivity index (χ1n) is 13.4. The highest BCUT2D eigenvalue weighted by atomic mass is 16.8. The van der Waals surface area contributed by atoms with Crippen LogP contribution in [0.15, 0.2) is 23.8 Å². The first-order valence-corrected chi connectivity index (χ1v) is 13.4. The zero-order valence-corrected chi connectivity index (χ0v) is 21.1. The number of fused-ring (bicyclic) bond motifs is 5. The van der Waals surface area contributed by atoms with E-state index in [-0.39, 0.29) is 24.6 Å². The summed E-state index contributed by atoms with van der Waals surface area (Å²) in [4.78, 5) is 55.2. The predicted molar refractivity (Wildman–Crippen MR) is 122 cm³/mol. The lowest BCUT2D eigenvalue weighted by Crippen LogP contribution is -2.79. The van der Waals surface area contributed by atoms with Gasteiger partial charge in [-0.25, -0.2) is 4.79 Å². The van der Waals surface area contributed by atoms with Gasteiger partial charge in [0.1, 0.15) is 6.10 Å². The Morgan fingerprint density at radius 2 is 1.86 bits per heavy atom. The van der Waals surface area contributed by atoms with Crippen LogP contribution in [0.5, 0.6) is 0 Å². The molecule has 1 N–H and O–H groups in total. The number of Topliss-reactive ketones (excluding diaryl/α,β-unsaturated/α-hetero) is 1. The molecule has 0 unspecified atom stereocenters. The molecule has 1 saturated carbocycles. The van der Waals surface area contributed by atoms with Gasteiger partial charge in [-0.3, -0.25) is 14.4 Å². The molecule has 0 amide bonds. The van der Waals surface area contributed by atoms with E-state index in [0.717, 1.165) is 5.57 Å². The number of hydrogen-bond acceptors (Lipinski definition) is 9. The van der Waals surface area contributed by atoms with Gasteiger partial charge >= 0.3 is 11.9 Å². The summed E-state index contributed by atoms with van der Waals surface area (Å²) in [6.07, 6.45) is 6.24. The second-order valence-corrected chi connectivity index (χ2v) is 13.0. The summed E-state index contributed by atoms with van der Waals surface area (Å²) in [5, 5.41) is 12.4. The number of rotatable bonds is 0. The normalized spacial score (nSPS) is 58.5. The van der Waals surface area contributed by atoms with Gasteiger partial charge in [-0.2, -0.15) is 0 Å². The first kappa shape index (κ1) is 22.6. The van der Waals surface area contributed by atoms with Crippen molar-refractivity contribution < 1.29 is 43.2 Å². The number of hydrogen-bond donors (Lipinski definition) is 1. The lowest BCUT2D eigenvalue weighted by molar-refractivity contribution is -0.374. The average molecular weight is 511 g/mol. The molecular weight excluding hydrogens is 480 g/mol. The third-order valence-electron chi connectivity index (χ3n) is 12.0. The maximum Gasteiger partial charge on any atom is 0.342 e. The van der Waals surface area contributed by atoms with E-state index in [1.807, 2.05) is 26.0 Å². The molecular formula is C28H30O9. The lowest BCUT2D eigenvalue weighted by atomic mass is 9.46. The smallest absolute Gasteiger partial charge is 0.342 e. The second kappa shape index (κ2) is 6.10. The highest BCUT2D eigenvalue weighted by Gasteiger charge is 2.93. The van der Waals surface area contributed by atoms with Crippen LogP contribution in [-0.4, -0.2) is 63.9 Å². The van der Waals surface area contributed by atoms with Crippen molar-refractivity contribution >= 4 is 23.5 Å². The molecule has 196 valence electrons. The maximum absolute atomic E-state index is 14.8. The molecule has 5 saturated heterocycles. The Kier molecular flexibility index (Phi) is 3.73. The zero-order chi connectivity index (χ0) is 26.0. The van der Waals surface area contributed by atoms with Crippen molar-refractivity contribution in [1.82, 2.24) is 0 Å². The van der Waals surface area contributed by atoms with Gasteiger partial charge in [-0.1, -0.05) is 24.6 Å². The van der Waals surface area contributed by atoms with E-state index in [0.29, 0.717) is 25.7 Å². The molecule has 6 fully saturated rings. The van der Waals surface area contributed by atoms with Gasteiger partial charge in [-0.05, 0) is 63.4 Å². The van der Waals surface area contributed by atoms with Crippen molar-refractivity contribution in [3.63, 3.8) is 0 Å². The zero-order valence-electron chi connectivity index (χ0n) is 21.1. The molecule has 0 aromatic carbocycles. The van der Waals surface area contributed by atoms with E-state index in [1.165, 1.54) is 0 Å². The molecule has 5 heterocycles. The SMILES string of the molecule is C[C@]12C(=O)C=CCC1=CC[C@@H]1[C@H]2CC[C@]2(O)C(=O)O[C@]3(C)[C@H]4C[C@]5(C)[C@H](CO[C@]16O[C@@]23[C@@H]5C6=O)C(=O)O4. The van der Waals surface area contributed by atoms with Gasteiger partial charge in [0.05, 0.1) is 23.9 Å². The number of carbonyl (C=O) groups is 4. The predicted octanol–water partition coefficient (Wildman–Crippen LogP) is 1.56. The van der Waals surface area contributed by atoms with E-state index in [1.54, 1.807) is 13.0 Å². The quantitative estimate of drug-likeness (QED) is 0.382. The van der Waals surface area contributed by atoms with Crippen molar-refractivity contribution in [2.45, 2.75) is 81.6 Å². The highest BCUT2D eigenvalue weighted by molar-refractivity contribution is 6.01. The third kappa shape index (κ3) is 1.97. The molecule has 11 atom stereocenters. The van der Waals surface area contributed by atoms with Gasteiger partial charge in [0, 0.05) is 5.92 Å². The number of esters is 2. The minimum absolute atomic E-state index is 0.0380. The van der Waals surface area contributed by atoms with Crippen LogP contribution in [0.2, 0.25) is 0 Å². The minimum Gasteiger partial charge on any atom is -0.458 e. The van der Waals surface area contributed by atoms with Crippen LogP contribution in [0.4, 0.5) is 0 Å². The molecule has 9 nitrogen and oxygen atoms in total. The molecule has 2 spiro atoms. The van der Waals surface area contributed by atoms with Gasteiger partial charge in [0.15, 0.2) is 28.4 Å². The van der Waals surface area contributed by atoms with Crippen LogP contribution in [0.1, 0.15) is 52.9 Å². The topological polar surface area (TPSA) is 125 Å². The van der Waals surface area contributed by atoms with Crippen LogP contribution in [-0.2, 0) is 38.1 Å². The summed E-state index contributed by atoms with van der Waals surface area (Å²) in [5.74, 6) is -6.36. The van der Waals surface area contributed by atoms with Crippen molar-refractivity contribution in [3.8, 4) is 0 Å². The lowest BCUT2D eigenvalue weighted by Gasteiger charge is -2.63. The van der Waals surface area contributed by atoms with Crippen LogP contribution in [0.3, 0.4) is 0 Å². The van der Waals surface area contributed by atoms with E-state index >= 15 is 0 Å². The fourth-order valence-corrected chi connectivity index (χ4v) is 10.0. The number of ketones is 2. The largest absolute Gasteiger partial charge is 0.458 e. The Hall–Kier alpha value is -2.36. The molecule has 5 aliphatic heterocycles. The summed E-state index contributed by atoms with van der Waals surface area (Å²) in [6.45, 7) is 5.29. The monoisotopic (exact) mass is 510 g/mol. The van der Waals surface area contributed by atoms with Gasteiger partial charge in [0.2, 0.25) is 5.79 Å². The Labute approximate surface area is 213 Å². The molecule has 37 heavy (non-hydrogen) atoms. The molecule has 8 aliphatic rings. The van der Waals surface area contributed by atoms with Gasteiger partial charge < -0.3 is 24.1 Å². The Bertz CT molecular complexity index is 1300. The summed E-state index contributed by atoms with van der Waals surface area (Å²) < 4.78 is 25.1. The maximum atomic E-state index is 14.8. The standard InChI is InChI=1S/C28H30O9/c1-23-11-18-25(3)28-19(23)20(30)27(37-28,34-12-16(23)21(31)35-18)15-8-7-13-5-4-6-17(29)24(13,2)14(15)9-10-26(28,33)22(32)36-25/h4,6-7,14-16,18-19,33H,5,8-12H2,1-3H3/t14-,15-,16-,18-,19-,23-,24+,25-,26+,27+,28-/m1/s1. The summed E-state index contributed by atoms with van der Waals surface area (Å²) in [7, 11) is 0. The van der Waals surface area contributed by atoms with Crippen molar-refractivity contribution in [2.75, 3.05) is 6.61 Å². The Balaban J connectivity index is 1.43. The van der Waals surface area contributed by atoms with Gasteiger partial charge in [0.25, 0.3) is 0 Å². The van der Waals surface area contributed by atoms with Crippen LogP contribution in [0, 0.1) is 34.5 Å². The molecule has 0 aromatic heterocycles. The van der Waals surface area contributed by atoms with Crippen molar-refractivity contribution in [2.24, 2.45) is 34.5 Å². The number of carbonyl (C=O) groups excluding carboxylic acids is 4. The van der Waals surface area contributed by atoms with Crippen molar-refractivity contribution in [3.05, 3.63) is 23.8 Å². The molecule has 3 aliphatic carbocycles. The summed E-state index contributed by atoms with van der Waals surface area (Å²) in [6, 6.07) is 0. The number of allylic oxidation sites excluding steroid dienone is 4. The van der Waals surface area contributed by atoms with E-state index in [2.05, 4.69) is 0 Å². The fraction of sp³-hybridized carbons (Fsp3) is 0.714. The van der Waals surface area contributed by atoms with E-state index in [4.69, 9.17) is 18.9 Å². The molecule has 0 aromatic rings. The Morgan fingerprint density at radius 3 is 2.65 bits per heavy atom. The number of aliphatic hydroxyl groups is 1. The van der Waals surface area contributed by atoms with Crippen molar-refractivity contribution in [1.29, 1.82) is 0 Å². The number of ether oxygens (including phenoxy) is 4. The van der Waals surface area contributed by atoms with E-state index < -0.39 is 75.1 Å². The Morgan fingerprint density at radius 1 is 1.08 bits per heavy atom. The average Bonchev–Trinajstić information content (AvgIpc) is 3.16. The van der Waals surface area contributed by atoms with Crippen LogP contribution < -0.4 is 0 Å². The third-order valence-corrected chi connectivity index (χ3v) is 12.0. The summed E-state index contributed by atoms with van der Waals surface area (Å²) >= 11 is 0. The molecule has 0 radical (unpaired) electrons.